The summed E-state index contributed by atoms with van der Waals surface area (Å²) in [5.41, 5.74) is 16.7. The molecular weight excluding hydrogens is 623 g/mol. The Morgan fingerprint density at radius 1 is 0.420 bits per heavy atom. The van der Waals surface area contributed by atoms with Gasteiger partial charge in [0.2, 0.25) is 0 Å². The van der Waals surface area contributed by atoms with Crippen molar-refractivity contribution in [2.75, 3.05) is 4.90 Å². The molecule has 0 N–H and O–H groups in total. The smallest absolute Gasteiger partial charge is 0.0508 e. The summed E-state index contributed by atoms with van der Waals surface area (Å²) in [5.74, 6) is 0. The lowest BCUT2D eigenvalue weighted by Crippen LogP contribution is -2.21. The van der Waals surface area contributed by atoms with E-state index in [0.717, 1.165) is 5.69 Å². The molecule has 0 amide bonds. The lowest BCUT2D eigenvalue weighted by Gasteiger charge is -2.33. The van der Waals surface area contributed by atoms with Crippen molar-refractivity contribution in [2.24, 2.45) is 0 Å². The largest absolute Gasteiger partial charge is 0.310 e. The van der Waals surface area contributed by atoms with Gasteiger partial charge >= 0.3 is 0 Å². The van der Waals surface area contributed by atoms with E-state index in [2.05, 4.69) is 184 Å². The maximum absolute atomic E-state index is 2.52. The van der Waals surface area contributed by atoms with E-state index in [1.165, 1.54) is 87.2 Å². The van der Waals surface area contributed by atoms with Crippen LogP contribution < -0.4 is 4.90 Å². The Bertz CT molecular complexity index is 2670. The highest BCUT2D eigenvalue weighted by Gasteiger charge is 2.40. The molecule has 2 heteroatoms. The minimum Gasteiger partial charge on any atom is -0.310 e. The summed E-state index contributed by atoms with van der Waals surface area (Å²) in [6.07, 6.45) is 0. The number of nitrogens with zero attached hydrogens (tertiary/aromatic N) is 1. The van der Waals surface area contributed by atoms with Crippen molar-refractivity contribution >= 4 is 48.6 Å². The van der Waals surface area contributed by atoms with Gasteiger partial charge in [0.05, 0.1) is 5.69 Å². The minimum atomic E-state index is -0.157. The lowest BCUT2D eigenvalue weighted by atomic mass is 9.81. The SMILES string of the molecule is CC1(C)c2ccccc2-c2ccc(N(c3cccc(-c4ccc5sc6ccccc6c5c4)c3)c3cccc4c3C(C)(C)c3ccccc3-4)cc21. The third-order valence-corrected chi connectivity index (χ3v) is 12.6. The molecule has 0 atom stereocenters. The van der Waals surface area contributed by atoms with Crippen LogP contribution in [0.15, 0.2) is 152 Å². The Labute approximate surface area is 298 Å². The third kappa shape index (κ3) is 4.12. The van der Waals surface area contributed by atoms with Gasteiger partial charge in [0.1, 0.15) is 0 Å². The summed E-state index contributed by atoms with van der Waals surface area (Å²) in [7, 11) is 0. The normalized spacial score (nSPS) is 14.7. The van der Waals surface area contributed by atoms with Crippen molar-refractivity contribution in [3.05, 3.63) is 174 Å². The van der Waals surface area contributed by atoms with Gasteiger partial charge in [-0.3, -0.25) is 0 Å². The first-order valence-electron chi connectivity index (χ1n) is 17.6. The number of hydrogen-bond donors (Lipinski definition) is 0. The highest BCUT2D eigenvalue weighted by Crippen LogP contribution is 2.56. The lowest BCUT2D eigenvalue weighted by molar-refractivity contribution is 0.658. The Hall–Kier alpha value is -5.44. The molecule has 2 aliphatic carbocycles. The van der Waals surface area contributed by atoms with Crippen LogP contribution in [0, 0.1) is 0 Å². The molecule has 240 valence electrons. The van der Waals surface area contributed by atoms with Gasteiger partial charge in [-0.1, -0.05) is 131 Å². The Morgan fingerprint density at radius 2 is 1.04 bits per heavy atom. The molecule has 50 heavy (non-hydrogen) atoms. The summed E-state index contributed by atoms with van der Waals surface area (Å²) < 4.78 is 2.67. The standard InChI is InChI=1S/C48H37NS/c1-47(2)40-19-8-5-15-34(40)36-25-24-33(29-42(36)47)49(43-21-12-18-38-35-16-6-9-20-41(35)48(3,4)46(38)43)32-14-11-13-30(27-32)31-23-26-45-39(28-31)37-17-7-10-22-44(37)50-45/h5-29H,1-4H3. The zero-order valence-corrected chi connectivity index (χ0v) is 29.6. The van der Waals surface area contributed by atoms with E-state index < -0.39 is 0 Å². The van der Waals surface area contributed by atoms with Crippen LogP contribution in [-0.2, 0) is 10.8 Å². The molecule has 0 saturated heterocycles. The maximum atomic E-state index is 2.52. The molecule has 1 nitrogen and oxygen atoms in total. The molecule has 7 aromatic carbocycles. The summed E-state index contributed by atoms with van der Waals surface area (Å²) in [4.78, 5) is 2.52. The van der Waals surface area contributed by atoms with Crippen molar-refractivity contribution in [3.8, 4) is 33.4 Å². The molecule has 0 saturated carbocycles. The highest BCUT2D eigenvalue weighted by molar-refractivity contribution is 7.25. The number of hydrogen-bond acceptors (Lipinski definition) is 2. The third-order valence-electron chi connectivity index (χ3n) is 11.4. The zero-order valence-electron chi connectivity index (χ0n) is 28.8. The molecule has 0 aliphatic heterocycles. The Morgan fingerprint density at radius 3 is 1.88 bits per heavy atom. The molecule has 8 aromatic rings. The van der Waals surface area contributed by atoms with E-state index in [-0.39, 0.29) is 10.8 Å². The fourth-order valence-electron chi connectivity index (χ4n) is 8.99. The van der Waals surface area contributed by atoms with Gasteiger partial charge in [-0.2, -0.15) is 0 Å². The van der Waals surface area contributed by atoms with Crippen LogP contribution in [0.1, 0.15) is 49.9 Å². The van der Waals surface area contributed by atoms with Crippen LogP contribution in [0.3, 0.4) is 0 Å². The van der Waals surface area contributed by atoms with Crippen molar-refractivity contribution in [1.29, 1.82) is 0 Å². The molecule has 2 aliphatic rings. The summed E-state index contributed by atoms with van der Waals surface area (Å²) in [5, 5.41) is 2.65. The molecule has 0 fully saturated rings. The second-order valence-electron chi connectivity index (χ2n) is 15.0. The predicted octanol–water partition coefficient (Wildman–Crippen LogP) is 13.8. The van der Waals surface area contributed by atoms with Gasteiger partial charge < -0.3 is 4.90 Å². The summed E-state index contributed by atoms with van der Waals surface area (Å²) >= 11 is 1.87. The van der Waals surface area contributed by atoms with E-state index in [0.29, 0.717) is 0 Å². The van der Waals surface area contributed by atoms with Gasteiger partial charge in [-0.25, -0.2) is 0 Å². The topological polar surface area (TPSA) is 3.24 Å². The first-order chi connectivity index (χ1) is 24.3. The molecule has 1 aromatic heterocycles. The van der Waals surface area contributed by atoms with E-state index in [1.807, 2.05) is 11.3 Å². The van der Waals surface area contributed by atoms with Gasteiger partial charge in [-0.15, -0.1) is 11.3 Å². The fourth-order valence-corrected chi connectivity index (χ4v) is 10.1. The molecular formula is C48H37NS. The fraction of sp³-hybridized carbons (Fsp3) is 0.125. The van der Waals surface area contributed by atoms with E-state index in [9.17, 15) is 0 Å². The molecule has 0 spiro atoms. The number of fused-ring (bicyclic) bond motifs is 9. The molecule has 0 radical (unpaired) electrons. The zero-order chi connectivity index (χ0) is 33.8. The van der Waals surface area contributed by atoms with Crippen molar-refractivity contribution in [3.63, 3.8) is 0 Å². The molecule has 0 unspecified atom stereocenters. The van der Waals surface area contributed by atoms with Crippen LogP contribution in [0.5, 0.6) is 0 Å². The summed E-state index contributed by atoms with van der Waals surface area (Å²) in [6, 6.07) is 56.8. The van der Waals surface area contributed by atoms with Crippen molar-refractivity contribution in [2.45, 2.75) is 38.5 Å². The number of benzene rings is 7. The first kappa shape index (κ1) is 29.5. The predicted molar refractivity (Wildman–Crippen MR) is 215 cm³/mol. The van der Waals surface area contributed by atoms with E-state index in [4.69, 9.17) is 0 Å². The van der Waals surface area contributed by atoms with Crippen molar-refractivity contribution < 1.29 is 0 Å². The average Bonchev–Trinajstić information content (AvgIpc) is 3.72. The van der Waals surface area contributed by atoms with Gasteiger partial charge in [0.25, 0.3) is 0 Å². The van der Waals surface area contributed by atoms with E-state index in [1.54, 1.807) is 0 Å². The van der Waals surface area contributed by atoms with Crippen LogP contribution in [0.2, 0.25) is 0 Å². The second-order valence-corrected chi connectivity index (χ2v) is 16.0. The van der Waals surface area contributed by atoms with Crippen molar-refractivity contribution in [1.82, 2.24) is 0 Å². The average molecular weight is 660 g/mol. The second kappa shape index (κ2) is 10.5. The Balaban J connectivity index is 1.19. The molecule has 0 bridgehead atoms. The van der Waals surface area contributed by atoms with Gasteiger partial charge in [-0.05, 0) is 104 Å². The quantitative estimate of drug-likeness (QED) is 0.182. The molecule has 10 rings (SSSR count). The number of thiophene rings is 1. The number of anilines is 3. The van der Waals surface area contributed by atoms with E-state index >= 15 is 0 Å². The van der Waals surface area contributed by atoms with Crippen LogP contribution >= 0.6 is 11.3 Å². The minimum absolute atomic E-state index is 0.0949. The van der Waals surface area contributed by atoms with Crippen LogP contribution in [0.25, 0.3) is 53.6 Å². The molecule has 1 heterocycles. The highest BCUT2D eigenvalue weighted by atomic mass is 32.1. The first-order valence-corrected chi connectivity index (χ1v) is 18.4. The summed E-state index contributed by atoms with van der Waals surface area (Å²) in [6.45, 7) is 9.52. The number of rotatable bonds is 4. The monoisotopic (exact) mass is 659 g/mol. The van der Waals surface area contributed by atoms with Gasteiger partial charge in [0.15, 0.2) is 0 Å². The Kier molecular flexibility index (Phi) is 6.21. The van der Waals surface area contributed by atoms with Crippen LogP contribution in [-0.4, -0.2) is 0 Å². The van der Waals surface area contributed by atoms with Crippen LogP contribution in [0.4, 0.5) is 17.1 Å². The van der Waals surface area contributed by atoms with Gasteiger partial charge in [0, 0.05) is 42.4 Å². The maximum Gasteiger partial charge on any atom is 0.0508 e.